The Hall–Kier alpha value is -3.71. The first-order valence-electron chi connectivity index (χ1n) is 16.4. The molecule has 6 rings (SSSR count). The Balaban J connectivity index is 1.25. The monoisotopic (exact) mass is 666 g/mol. The van der Waals surface area contributed by atoms with Crippen molar-refractivity contribution in [2.75, 3.05) is 33.5 Å². The summed E-state index contributed by atoms with van der Waals surface area (Å²) in [5.74, 6) is 1.99. The molecule has 47 heavy (non-hydrogen) atoms. The second kappa shape index (κ2) is 15.5. The van der Waals surface area contributed by atoms with Crippen molar-refractivity contribution in [2.24, 2.45) is 0 Å². The van der Waals surface area contributed by atoms with E-state index in [1.165, 1.54) is 0 Å². The van der Waals surface area contributed by atoms with Gasteiger partial charge in [0.2, 0.25) is 0 Å². The van der Waals surface area contributed by atoms with E-state index in [9.17, 15) is 4.79 Å². The Labute approximate surface area is 279 Å². The number of nitrogens with zero attached hydrogens (tertiary/aromatic N) is 5. The van der Waals surface area contributed by atoms with Gasteiger partial charge in [-0.1, -0.05) is 17.7 Å². The number of benzene rings is 2. The zero-order valence-corrected chi connectivity index (χ0v) is 28.0. The van der Waals surface area contributed by atoms with Gasteiger partial charge in [-0.3, -0.25) is 4.79 Å². The van der Waals surface area contributed by atoms with Gasteiger partial charge in [0.1, 0.15) is 5.82 Å². The van der Waals surface area contributed by atoms with Crippen molar-refractivity contribution in [3.63, 3.8) is 0 Å². The summed E-state index contributed by atoms with van der Waals surface area (Å²) in [5.41, 5.74) is 2.61. The van der Waals surface area contributed by atoms with Gasteiger partial charge in [-0.15, -0.1) is 0 Å². The summed E-state index contributed by atoms with van der Waals surface area (Å²) >= 11 is 7.01. The van der Waals surface area contributed by atoms with E-state index in [2.05, 4.69) is 16.5 Å². The van der Waals surface area contributed by atoms with Crippen LogP contribution in [0.3, 0.4) is 0 Å². The first kappa shape index (κ1) is 33.2. The smallest absolute Gasteiger partial charge is 0.258 e. The number of hydrogen-bond donors (Lipinski definition) is 1. The minimum atomic E-state index is -0.205. The predicted molar refractivity (Wildman–Crippen MR) is 177 cm³/mol. The predicted octanol–water partition coefficient (Wildman–Crippen LogP) is 5.69. The molecule has 2 aliphatic heterocycles. The molecular formula is C34H43ClN6O6. The third-order valence-corrected chi connectivity index (χ3v) is 8.74. The number of carbonyl (C=O) groups excluding carboxylic acids is 1. The largest absolute Gasteiger partial charge is 0.493 e. The molecule has 2 saturated heterocycles. The molecule has 4 aromatic rings. The number of aromatic nitrogens is 5. The number of amides is 1. The summed E-state index contributed by atoms with van der Waals surface area (Å²) in [7, 11) is 1.56. The van der Waals surface area contributed by atoms with Gasteiger partial charge >= 0.3 is 0 Å². The molecule has 0 radical (unpaired) electrons. The first-order valence-corrected chi connectivity index (χ1v) is 16.8. The van der Waals surface area contributed by atoms with Gasteiger partial charge in [-0.25, -0.2) is 14.3 Å². The molecule has 13 heteroatoms. The van der Waals surface area contributed by atoms with Crippen LogP contribution in [0.25, 0.3) is 22.3 Å². The van der Waals surface area contributed by atoms with Crippen molar-refractivity contribution in [1.82, 2.24) is 29.9 Å². The number of hydrogen-bond acceptors (Lipinski definition) is 9. The number of carbonyl (C=O) groups is 1. The number of fused-ring (bicyclic) bond motifs is 1. The quantitative estimate of drug-likeness (QED) is 0.192. The van der Waals surface area contributed by atoms with Crippen molar-refractivity contribution >= 4 is 28.4 Å². The molecule has 2 aliphatic rings. The average molecular weight is 667 g/mol. The van der Waals surface area contributed by atoms with Gasteiger partial charge in [-0.2, -0.15) is 10.2 Å². The van der Waals surface area contributed by atoms with Gasteiger partial charge < -0.3 is 29.0 Å². The van der Waals surface area contributed by atoms with Crippen LogP contribution in [0.2, 0.25) is 5.02 Å². The molecule has 0 bridgehead atoms. The second-order valence-corrected chi connectivity index (χ2v) is 12.6. The summed E-state index contributed by atoms with van der Waals surface area (Å²) in [6, 6.07) is 9.54. The molecule has 2 aromatic carbocycles. The molecule has 12 nitrogen and oxygen atoms in total. The lowest BCUT2D eigenvalue weighted by atomic mass is 10.1. The normalized spacial score (nSPS) is 18.5. The molecule has 0 spiro atoms. The maximum Gasteiger partial charge on any atom is 0.258 e. The van der Waals surface area contributed by atoms with E-state index in [4.69, 9.17) is 45.4 Å². The third kappa shape index (κ3) is 8.06. The lowest BCUT2D eigenvalue weighted by Gasteiger charge is -2.23. The highest BCUT2D eigenvalue weighted by Crippen LogP contribution is 2.34. The van der Waals surface area contributed by atoms with Crippen molar-refractivity contribution in [3.05, 3.63) is 52.9 Å². The maximum atomic E-state index is 12.1. The average Bonchev–Trinajstić information content (AvgIpc) is 3.70. The van der Waals surface area contributed by atoms with Crippen molar-refractivity contribution in [3.8, 4) is 22.9 Å². The number of rotatable bonds is 13. The molecule has 4 heterocycles. The topological polar surface area (TPSA) is 124 Å². The fraction of sp³-hybridized carbons (Fsp3) is 0.529. The third-order valence-electron chi connectivity index (χ3n) is 8.30. The Morgan fingerprint density at radius 3 is 2.66 bits per heavy atom. The van der Waals surface area contributed by atoms with E-state index in [0.29, 0.717) is 41.9 Å². The molecule has 2 unspecified atom stereocenters. The highest BCUT2D eigenvalue weighted by atomic mass is 35.5. The van der Waals surface area contributed by atoms with Crippen LogP contribution in [-0.4, -0.2) is 76.3 Å². The van der Waals surface area contributed by atoms with Crippen LogP contribution in [-0.2, 0) is 32.0 Å². The van der Waals surface area contributed by atoms with E-state index >= 15 is 0 Å². The van der Waals surface area contributed by atoms with Crippen LogP contribution in [0.15, 0.2) is 36.5 Å². The summed E-state index contributed by atoms with van der Waals surface area (Å²) in [6.07, 6.45) is 8.16. The van der Waals surface area contributed by atoms with Gasteiger partial charge in [0.25, 0.3) is 5.91 Å². The zero-order chi connectivity index (χ0) is 32.8. The van der Waals surface area contributed by atoms with Crippen molar-refractivity contribution < 1.29 is 28.5 Å². The van der Waals surface area contributed by atoms with Gasteiger partial charge in [0.05, 0.1) is 37.0 Å². The van der Waals surface area contributed by atoms with E-state index < -0.39 is 0 Å². The van der Waals surface area contributed by atoms with Crippen molar-refractivity contribution in [2.45, 2.75) is 83.9 Å². The van der Waals surface area contributed by atoms with Gasteiger partial charge in [0.15, 0.2) is 36.4 Å². The number of halogens is 1. The minimum absolute atomic E-state index is 0.0250. The highest BCUT2D eigenvalue weighted by molar-refractivity contribution is 6.36. The van der Waals surface area contributed by atoms with E-state index in [0.717, 1.165) is 79.6 Å². The highest BCUT2D eigenvalue weighted by Gasteiger charge is 2.22. The molecule has 2 aromatic heterocycles. The van der Waals surface area contributed by atoms with Crippen LogP contribution in [0.1, 0.15) is 70.0 Å². The SMILES string of the molecule is COc1cc(-c2nc(Cc3ccc4c(cnn4C4CCCCO4)c3Cl)n(CCOC3CCCCO3)n2)ccc1OCC(=O)NC(C)C. The lowest BCUT2D eigenvalue weighted by Crippen LogP contribution is -2.34. The summed E-state index contributed by atoms with van der Waals surface area (Å²) in [6.45, 7) is 6.06. The zero-order valence-electron chi connectivity index (χ0n) is 27.2. The molecule has 2 atom stereocenters. The lowest BCUT2D eigenvalue weighted by molar-refractivity contribution is -0.163. The molecule has 2 fully saturated rings. The van der Waals surface area contributed by atoms with E-state index in [1.54, 1.807) is 13.2 Å². The molecule has 1 N–H and O–H groups in total. The summed E-state index contributed by atoms with van der Waals surface area (Å²) in [5, 5.41) is 13.8. The van der Waals surface area contributed by atoms with Crippen LogP contribution in [0.4, 0.5) is 0 Å². The standard InChI is InChI=1S/C34H43ClN6O6/c1-22(2)37-30(42)21-47-27-13-11-24(18-28(27)43-3)34-38-29(40(39-34)14-17-46-32-9-5-7-16-45-32)19-23-10-12-26-25(33(23)35)20-36-41(26)31-8-4-6-15-44-31/h10-13,18,20,22,31-32H,4-9,14-17,19,21H2,1-3H3,(H,37,42). The Kier molecular flexibility index (Phi) is 10.9. The Bertz CT molecular complexity index is 1660. The van der Waals surface area contributed by atoms with Crippen LogP contribution in [0, 0.1) is 0 Å². The Morgan fingerprint density at radius 1 is 1.09 bits per heavy atom. The van der Waals surface area contributed by atoms with Gasteiger partial charge in [-0.05, 0) is 82.2 Å². The fourth-order valence-corrected chi connectivity index (χ4v) is 6.21. The molecule has 0 aliphatic carbocycles. The summed E-state index contributed by atoms with van der Waals surface area (Å²) in [4.78, 5) is 17.1. The van der Waals surface area contributed by atoms with Gasteiger partial charge in [0, 0.05) is 36.6 Å². The van der Waals surface area contributed by atoms with Crippen LogP contribution >= 0.6 is 11.6 Å². The van der Waals surface area contributed by atoms with E-state index in [-0.39, 0.29) is 31.1 Å². The number of methoxy groups -OCH3 is 1. The summed E-state index contributed by atoms with van der Waals surface area (Å²) < 4.78 is 32.9. The fourth-order valence-electron chi connectivity index (χ4n) is 5.94. The first-order chi connectivity index (χ1) is 22.9. The van der Waals surface area contributed by atoms with E-state index in [1.807, 2.05) is 47.6 Å². The molecule has 0 saturated carbocycles. The molecular weight excluding hydrogens is 624 g/mol. The van der Waals surface area contributed by atoms with Crippen molar-refractivity contribution in [1.29, 1.82) is 0 Å². The van der Waals surface area contributed by atoms with Crippen LogP contribution in [0.5, 0.6) is 11.5 Å². The maximum absolute atomic E-state index is 12.1. The molecule has 252 valence electrons. The Morgan fingerprint density at radius 2 is 1.91 bits per heavy atom. The molecule has 1 amide bonds. The second-order valence-electron chi connectivity index (χ2n) is 12.2. The van der Waals surface area contributed by atoms with Crippen LogP contribution < -0.4 is 14.8 Å². The number of ether oxygens (including phenoxy) is 5. The number of nitrogens with one attached hydrogen (secondary N) is 1. The minimum Gasteiger partial charge on any atom is -0.493 e.